The highest BCUT2D eigenvalue weighted by atomic mass is 35.5. The van der Waals surface area contributed by atoms with Crippen molar-refractivity contribution in [2.75, 3.05) is 11.4 Å². The molecule has 5 nitrogen and oxygen atoms in total. The van der Waals surface area contributed by atoms with Crippen LogP contribution in [-0.4, -0.2) is 27.7 Å². The number of amides is 1. The summed E-state index contributed by atoms with van der Waals surface area (Å²) in [5.41, 5.74) is 1.27. The van der Waals surface area contributed by atoms with Crippen LogP contribution in [0.3, 0.4) is 0 Å². The van der Waals surface area contributed by atoms with Crippen molar-refractivity contribution in [3.63, 3.8) is 0 Å². The summed E-state index contributed by atoms with van der Waals surface area (Å²) in [6.45, 7) is 2.55. The fourth-order valence-electron chi connectivity index (χ4n) is 2.53. The van der Waals surface area contributed by atoms with Gasteiger partial charge in [-0.05, 0) is 25.0 Å². The van der Waals surface area contributed by atoms with Gasteiger partial charge < -0.3 is 9.88 Å². The standard InChI is InChI=1S/C16H16ClN3O2S/c1-2-10-9-14(21)19-16(18-10)23-13-7-8-20(15(13)22)12-6-4-3-5-11(12)17/h3-6,9,13H,2,7-8H2,1H3,(H,18,19,21). The maximum atomic E-state index is 12.6. The molecule has 0 saturated carbocycles. The molecule has 1 aromatic carbocycles. The lowest BCUT2D eigenvalue weighted by atomic mass is 10.3. The van der Waals surface area contributed by atoms with Crippen molar-refractivity contribution in [3.05, 3.63) is 51.4 Å². The van der Waals surface area contributed by atoms with Crippen molar-refractivity contribution in [1.29, 1.82) is 0 Å². The van der Waals surface area contributed by atoms with Gasteiger partial charge in [0.15, 0.2) is 5.16 Å². The Balaban J connectivity index is 1.79. The van der Waals surface area contributed by atoms with Gasteiger partial charge in [0.05, 0.1) is 16.0 Å². The molecule has 0 bridgehead atoms. The molecule has 2 aromatic rings. The SMILES string of the molecule is CCc1cc(=O)[nH]c(SC2CCN(c3ccccc3Cl)C2=O)n1. The summed E-state index contributed by atoms with van der Waals surface area (Å²) in [4.78, 5) is 33.0. The fraction of sp³-hybridized carbons (Fsp3) is 0.312. The molecule has 1 aliphatic heterocycles. The van der Waals surface area contributed by atoms with Crippen molar-refractivity contribution in [2.24, 2.45) is 0 Å². The zero-order valence-electron chi connectivity index (χ0n) is 12.6. The molecule has 120 valence electrons. The Labute approximate surface area is 143 Å². The topological polar surface area (TPSA) is 66.1 Å². The summed E-state index contributed by atoms with van der Waals surface area (Å²) in [6.07, 6.45) is 1.37. The molecule has 1 atom stereocenters. The molecule has 1 fully saturated rings. The van der Waals surface area contributed by atoms with Crippen LogP contribution in [0.15, 0.2) is 40.3 Å². The van der Waals surface area contributed by atoms with Gasteiger partial charge in [0.1, 0.15) is 0 Å². The number of H-pyrrole nitrogens is 1. The van der Waals surface area contributed by atoms with E-state index < -0.39 is 0 Å². The normalized spacial score (nSPS) is 17.7. The Kier molecular flexibility index (Phi) is 4.73. The number of para-hydroxylation sites is 1. The molecular weight excluding hydrogens is 334 g/mol. The molecule has 3 rings (SSSR count). The van der Waals surface area contributed by atoms with Crippen LogP contribution in [0.25, 0.3) is 0 Å². The van der Waals surface area contributed by atoms with Gasteiger partial charge in [0.2, 0.25) is 5.91 Å². The fourth-order valence-corrected chi connectivity index (χ4v) is 3.82. The quantitative estimate of drug-likeness (QED) is 0.862. The number of aryl methyl sites for hydroxylation is 1. The number of rotatable bonds is 4. The van der Waals surface area contributed by atoms with Crippen LogP contribution >= 0.6 is 23.4 Å². The van der Waals surface area contributed by atoms with Crippen molar-refractivity contribution in [2.45, 2.75) is 30.2 Å². The Bertz CT molecular complexity index is 793. The third-order valence-electron chi connectivity index (χ3n) is 3.69. The molecule has 1 N–H and O–H groups in total. The number of aromatic amines is 1. The Morgan fingerprint density at radius 2 is 2.17 bits per heavy atom. The van der Waals surface area contributed by atoms with E-state index in [1.807, 2.05) is 25.1 Å². The van der Waals surface area contributed by atoms with Crippen LogP contribution in [0.2, 0.25) is 5.02 Å². The van der Waals surface area contributed by atoms with Gasteiger partial charge in [-0.25, -0.2) is 4.98 Å². The molecule has 1 saturated heterocycles. The zero-order chi connectivity index (χ0) is 16.4. The summed E-state index contributed by atoms with van der Waals surface area (Å²) in [6, 6.07) is 8.79. The highest BCUT2D eigenvalue weighted by Crippen LogP contribution is 2.34. The van der Waals surface area contributed by atoms with Gasteiger partial charge in [0.25, 0.3) is 5.56 Å². The van der Waals surface area contributed by atoms with Crippen LogP contribution in [0, 0.1) is 0 Å². The first-order valence-electron chi connectivity index (χ1n) is 7.41. The van der Waals surface area contributed by atoms with E-state index in [9.17, 15) is 9.59 Å². The number of aromatic nitrogens is 2. The maximum absolute atomic E-state index is 12.6. The van der Waals surface area contributed by atoms with Crippen LogP contribution in [-0.2, 0) is 11.2 Å². The van der Waals surface area contributed by atoms with Gasteiger partial charge in [-0.15, -0.1) is 0 Å². The van der Waals surface area contributed by atoms with E-state index in [1.54, 1.807) is 11.0 Å². The molecule has 1 aromatic heterocycles. The lowest BCUT2D eigenvalue weighted by Gasteiger charge is -2.17. The molecule has 1 unspecified atom stereocenters. The molecule has 23 heavy (non-hydrogen) atoms. The van der Waals surface area contributed by atoms with Crippen LogP contribution < -0.4 is 10.5 Å². The summed E-state index contributed by atoms with van der Waals surface area (Å²) in [5, 5.41) is 0.793. The van der Waals surface area contributed by atoms with E-state index in [0.29, 0.717) is 29.6 Å². The Hall–Kier alpha value is -1.79. The number of carbonyl (C=O) groups is 1. The zero-order valence-corrected chi connectivity index (χ0v) is 14.2. The Morgan fingerprint density at radius 3 is 2.91 bits per heavy atom. The molecule has 2 heterocycles. The monoisotopic (exact) mass is 349 g/mol. The van der Waals surface area contributed by atoms with Crippen molar-refractivity contribution >= 4 is 35.0 Å². The second-order valence-electron chi connectivity index (χ2n) is 5.23. The maximum Gasteiger partial charge on any atom is 0.251 e. The predicted molar refractivity (Wildman–Crippen MR) is 92.3 cm³/mol. The molecule has 0 spiro atoms. The number of nitrogens with one attached hydrogen (secondary N) is 1. The number of benzene rings is 1. The van der Waals surface area contributed by atoms with E-state index in [2.05, 4.69) is 9.97 Å². The van der Waals surface area contributed by atoms with E-state index in [0.717, 1.165) is 11.4 Å². The van der Waals surface area contributed by atoms with Crippen LogP contribution in [0.5, 0.6) is 0 Å². The first-order chi connectivity index (χ1) is 11.1. The number of halogens is 1. The van der Waals surface area contributed by atoms with Crippen LogP contribution in [0.1, 0.15) is 19.0 Å². The van der Waals surface area contributed by atoms with Gasteiger partial charge >= 0.3 is 0 Å². The average Bonchev–Trinajstić information content (AvgIpc) is 2.88. The molecule has 0 aliphatic carbocycles. The number of nitrogens with zero attached hydrogens (tertiary/aromatic N) is 2. The third kappa shape index (κ3) is 3.43. The lowest BCUT2D eigenvalue weighted by Crippen LogP contribution is -2.28. The highest BCUT2D eigenvalue weighted by Gasteiger charge is 2.34. The van der Waals surface area contributed by atoms with Gasteiger partial charge in [0, 0.05) is 18.3 Å². The average molecular weight is 350 g/mol. The number of carbonyl (C=O) groups excluding carboxylic acids is 1. The lowest BCUT2D eigenvalue weighted by molar-refractivity contribution is -0.116. The van der Waals surface area contributed by atoms with E-state index >= 15 is 0 Å². The van der Waals surface area contributed by atoms with Crippen molar-refractivity contribution in [1.82, 2.24) is 9.97 Å². The predicted octanol–water partition coefficient (Wildman–Crippen LogP) is 2.88. The van der Waals surface area contributed by atoms with Gasteiger partial charge in [-0.1, -0.05) is 42.4 Å². The molecule has 0 radical (unpaired) electrons. The molecular formula is C16H16ClN3O2S. The largest absolute Gasteiger partial charge is 0.310 e. The van der Waals surface area contributed by atoms with E-state index in [4.69, 9.17) is 11.6 Å². The minimum atomic E-state index is -0.262. The van der Waals surface area contributed by atoms with E-state index in [1.165, 1.54) is 17.8 Å². The summed E-state index contributed by atoms with van der Waals surface area (Å²) in [7, 11) is 0. The van der Waals surface area contributed by atoms with E-state index in [-0.39, 0.29) is 16.7 Å². The third-order valence-corrected chi connectivity index (χ3v) is 5.15. The van der Waals surface area contributed by atoms with Gasteiger partial charge in [-0.2, -0.15) is 0 Å². The molecule has 7 heteroatoms. The number of hydrogen-bond donors (Lipinski definition) is 1. The molecule has 1 aliphatic rings. The van der Waals surface area contributed by atoms with Crippen LogP contribution in [0.4, 0.5) is 5.69 Å². The van der Waals surface area contributed by atoms with Crippen molar-refractivity contribution in [3.8, 4) is 0 Å². The minimum Gasteiger partial charge on any atom is -0.310 e. The number of anilines is 1. The second-order valence-corrected chi connectivity index (χ2v) is 6.83. The summed E-state index contributed by atoms with van der Waals surface area (Å²) in [5.74, 6) is -0.00681. The second kappa shape index (κ2) is 6.76. The number of hydrogen-bond acceptors (Lipinski definition) is 4. The Morgan fingerprint density at radius 1 is 1.39 bits per heavy atom. The summed E-state index contributed by atoms with van der Waals surface area (Å²) >= 11 is 7.48. The molecule has 1 amide bonds. The number of thioether (sulfide) groups is 1. The smallest absolute Gasteiger partial charge is 0.251 e. The summed E-state index contributed by atoms with van der Waals surface area (Å²) < 4.78 is 0. The first-order valence-corrected chi connectivity index (χ1v) is 8.67. The van der Waals surface area contributed by atoms with Gasteiger partial charge in [-0.3, -0.25) is 9.59 Å². The highest BCUT2D eigenvalue weighted by molar-refractivity contribution is 8.00. The minimum absolute atomic E-state index is 0.00681. The first kappa shape index (κ1) is 16.1. The van der Waals surface area contributed by atoms with Crippen molar-refractivity contribution < 1.29 is 4.79 Å².